The van der Waals surface area contributed by atoms with Crippen LogP contribution in [0.15, 0.2) is 72.8 Å². The van der Waals surface area contributed by atoms with Crippen molar-refractivity contribution in [2.45, 2.75) is 13.0 Å². The molecule has 0 aliphatic carbocycles. The van der Waals surface area contributed by atoms with Gasteiger partial charge in [0.15, 0.2) is 6.61 Å². The van der Waals surface area contributed by atoms with Crippen molar-refractivity contribution in [1.29, 1.82) is 0 Å². The van der Waals surface area contributed by atoms with E-state index in [2.05, 4.69) is 34.5 Å². The molecule has 0 bridgehead atoms. The van der Waals surface area contributed by atoms with Gasteiger partial charge < -0.3 is 15.0 Å². The number of benzene rings is 3. The van der Waals surface area contributed by atoms with Gasteiger partial charge in [0.1, 0.15) is 17.1 Å². The monoisotopic (exact) mass is 477 g/mol. The highest BCUT2D eigenvalue weighted by atomic mass is 35.5. The maximum absolute atomic E-state index is 12.4. The van der Waals surface area contributed by atoms with Crippen molar-refractivity contribution < 1.29 is 9.53 Å². The summed E-state index contributed by atoms with van der Waals surface area (Å²) in [7, 11) is 0. The van der Waals surface area contributed by atoms with Gasteiger partial charge in [-0.15, -0.1) is 0 Å². The molecule has 0 unspecified atom stereocenters. The van der Waals surface area contributed by atoms with Gasteiger partial charge in [-0.05, 0) is 53.9 Å². The number of rotatable bonds is 5. The highest BCUT2D eigenvalue weighted by Crippen LogP contribution is 2.29. The topological polar surface area (TPSA) is 54.5 Å². The normalized spacial score (nSPS) is 13.0. The van der Waals surface area contributed by atoms with E-state index in [4.69, 9.17) is 32.9 Å². The third-order valence-electron chi connectivity index (χ3n) is 5.69. The molecule has 1 aliphatic rings. The Bertz CT molecular complexity index is 1340. The predicted molar refractivity (Wildman–Crippen MR) is 134 cm³/mol. The quantitative estimate of drug-likeness (QED) is 0.376. The van der Waals surface area contributed by atoms with Crippen LogP contribution in [0.5, 0.6) is 5.75 Å². The van der Waals surface area contributed by atoms with E-state index in [1.54, 1.807) is 18.2 Å². The van der Waals surface area contributed by atoms with E-state index in [0.29, 0.717) is 21.5 Å². The lowest BCUT2D eigenvalue weighted by atomic mass is 10.00. The number of pyridine rings is 1. The molecule has 4 aromatic rings. The predicted octanol–water partition coefficient (Wildman–Crippen LogP) is 6.12. The fourth-order valence-corrected chi connectivity index (χ4v) is 4.31. The first-order chi connectivity index (χ1) is 16.1. The summed E-state index contributed by atoms with van der Waals surface area (Å²) in [4.78, 5) is 19.6. The summed E-state index contributed by atoms with van der Waals surface area (Å²) < 4.78 is 5.85. The Morgan fingerprint density at radius 1 is 0.970 bits per heavy atom. The van der Waals surface area contributed by atoms with E-state index in [-0.39, 0.29) is 12.5 Å². The van der Waals surface area contributed by atoms with Crippen LogP contribution in [0.25, 0.3) is 10.9 Å². The number of nitrogens with zero attached hydrogens (tertiary/aromatic N) is 2. The summed E-state index contributed by atoms with van der Waals surface area (Å²) in [6, 6.07) is 23.2. The molecule has 2 heterocycles. The fraction of sp³-hybridized carbons (Fsp3) is 0.154. The Balaban J connectivity index is 1.32. The second kappa shape index (κ2) is 9.30. The first kappa shape index (κ1) is 21.6. The zero-order chi connectivity index (χ0) is 22.8. The van der Waals surface area contributed by atoms with Gasteiger partial charge in [0.25, 0.3) is 5.91 Å². The minimum absolute atomic E-state index is 0.150. The molecule has 0 saturated carbocycles. The SMILES string of the molecule is O=C(COc1cccc2ccc(N3CCc4ccccc4C3)nc12)Nc1ccc(Cl)c(Cl)c1. The van der Waals surface area contributed by atoms with Crippen LogP contribution in [-0.2, 0) is 17.8 Å². The number of fused-ring (bicyclic) bond motifs is 2. The first-order valence-electron chi connectivity index (χ1n) is 10.7. The number of hydrogen-bond acceptors (Lipinski definition) is 4. The molecule has 0 fully saturated rings. The molecule has 1 aromatic heterocycles. The average molecular weight is 478 g/mol. The average Bonchev–Trinajstić information content (AvgIpc) is 2.84. The number of anilines is 2. The smallest absolute Gasteiger partial charge is 0.262 e. The molecule has 1 amide bonds. The van der Waals surface area contributed by atoms with Gasteiger partial charge in [-0.2, -0.15) is 0 Å². The molecule has 1 aliphatic heterocycles. The minimum atomic E-state index is -0.297. The van der Waals surface area contributed by atoms with Crippen LogP contribution >= 0.6 is 23.2 Å². The van der Waals surface area contributed by atoms with Gasteiger partial charge in [-0.3, -0.25) is 4.79 Å². The van der Waals surface area contributed by atoms with Crippen molar-refractivity contribution in [3.63, 3.8) is 0 Å². The zero-order valence-electron chi connectivity index (χ0n) is 17.7. The lowest BCUT2D eigenvalue weighted by Crippen LogP contribution is -2.30. The number of para-hydroxylation sites is 1. The molecule has 33 heavy (non-hydrogen) atoms. The van der Waals surface area contributed by atoms with Crippen molar-refractivity contribution >= 4 is 51.5 Å². The van der Waals surface area contributed by atoms with E-state index in [1.165, 1.54) is 11.1 Å². The number of halogens is 2. The summed E-state index contributed by atoms with van der Waals surface area (Å²) >= 11 is 11.9. The van der Waals surface area contributed by atoms with E-state index < -0.39 is 0 Å². The number of ether oxygens (including phenoxy) is 1. The third kappa shape index (κ3) is 4.75. The van der Waals surface area contributed by atoms with E-state index in [1.807, 2.05) is 30.3 Å². The second-order valence-electron chi connectivity index (χ2n) is 7.90. The van der Waals surface area contributed by atoms with Gasteiger partial charge in [0.05, 0.1) is 10.0 Å². The summed E-state index contributed by atoms with van der Waals surface area (Å²) in [6.07, 6.45) is 0.989. The van der Waals surface area contributed by atoms with Gasteiger partial charge in [-0.1, -0.05) is 59.6 Å². The molecule has 3 aromatic carbocycles. The molecule has 7 heteroatoms. The van der Waals surface area contributed by atoms with Crippen molar-refractivity contribution in [2.24, 2.45) is 0 Å². The number of carbonyl (C=O) groups excluding carboxylic acids is 1. The molecule has 0 spiro atoms. The van der Waals surface area contributed by atoms with Crippen LogP contribution in [0, 0.1) is 0 Å². The molecule has 5 nitrogen and oxygen atoms in total. The molecular weight excluding hydrogens is 457 g/mol. The largest absolute Gasteiger partial charge is 0.481 e. The number of aromatic nitrogens is 1. The van der Waals surface area contributed by atoms with Gasteiger partial charge in [0.2, 0.25) is 0 Å². The molecular formula is C26H21Cl2N3O2. The van der Waals surface area contributed by atoms with Gasteiger partial charge in [-0.25, -0.2) is 4.98 Å². The Morgan fingerprint density at radius 3 is 2.67 bits per heavy atom. The van der Waals surface area contributed by atoms with E-state index in [9.17, 15) is 4.79 Å². The van der Waals surface area contributed by atoms with Crippen LogP contribution in [0.2, 0.25) is 10.0 Å². The molecule has 0 atom stereocenters. The molecule has 1 N–H and O–H groups in total. The van der Waals surface area contributed by atoms with Crippen molar-refractivity contribution in [3.05, 3.63) is 94.0 Å². The highest BCUT2D eigenvalue weighted by Gasteiger charge is 2.18. The molecule has 0 radical (unpaired) electrons. The van der Waals surface area contributed by atoms with Crippen molar-refractivity contribution in [3.8, 4) is 5.75 Å². The maximum atomic E-state index is 12.4. The third-order valence-corrected chi connectivity index (χ3v) is 6.42. The van der Waals surface area contributed by atoms with Crippen LogP contribution in [0.4, 0.5) is 11.5 Å². The lowest BCUT2D eigenvalue weighted by molar-refractivity contribution is -0.118. The fourth-order valence-electron chi connectivity index (χ4n) is 4.01. The first-order valence-corrected chi connectivity index (χ1v) is 11.4. The Kier molecular flexibility index (Phi) is 6.07. The highest BCUT2D eigenvalue weighted by molar-refractivity contribution is 6.42. The van der Waals surface area contributed by atoms with Crippen molar-refractivity contribution in [1.82, 2.24) is 4.98 Å². The Labute approximate surface area is 201 Å². The summed E-state index contributed by atoms with van der Waals surface area (Å²) in [6.45, 7) is 1.58. The molecule has 5 rings (SSSR count). The lowest BCUT2D eigenvalue weighted by Gasteiger charge is -2.30. The minimum Gasteiger partial charge on any atom is -0.481 e. The van der Waals surface area contributed by atoms with Crippen LogP contribution in [0.3, 0.4) is 0 Å². The van der Waals surface area contributed by atoms with Crippen LogP contribution in [0.1, 0.15) is 11.1 Å². The molecule has 0 saturated heterocycles. The van der Waals surface area contributed by atoms with E-state index >= 15 is 0 Å². The summed E-state index contributed by atoms with van der Waals surface area (Å²) in [5.74, 6) is 1.17. The zero-order valence-corrected chi connectivity index (χ0v) is 19.2. The standard InChI is InChI=1S/C26H21Cl2N3O2/c27-21-10-9-20(14-22(21)28)29-25(32)16-33-23-7-3-6-18-8-11-24(30-26(18)23)31-13-12-17-4-1-2-5-19(17)15-31/h1-11,14H,12-13,15-16H2,(H,29,32). The molecule has 166 valence electrons. The number of amides is 1. The van der Waals surface area contributed by atoms with Gasteiger partial charge in [0, 0.05) is 24.2 Å². The second-order valence-corrected chi connectivity index (χ2v) is 8.72. The van der Waals surface area contributed by atoms with Crippen LogP contribution < -0.4 is 15.0 Å². The Hall–Kier alpha value is -3.28. The van der Waals surface area contributed by atoms with Gasteiger partial charge >= 0.3 is 0 Å². The van der Waals surface area contributed by atoms with Crippen LogP contribution in [-0.4, -0.2) is 24.0 Å². The summed E-state index contributed by atoms with van der Waals surface area (Å²) in [5, 5.41) is 4.53. The van der Waals surface area contributed by atoms with E-state index in [0.717, 1.165) is 36.2 Å². The number of nitrogens with one attached hydrogen (secondary N) is 1. The number of hydrogen-bond donors (Lipinski definition) is 1. The maximum Gasteiger partial charge on any atom is 0.262 e. The summed E-state index contributed by atoms with van der Waals surface area (Å²) in [5.41, 5.74) is 4.01. The van der Waals surface area contributed by atoms with Crippen molar-refractivity contribution in [2.75, 3.05) is 23.4 Å². The number of carbonyl (C=O) groups is 1. The Morgan fingerprint density at radius 2 is 1.82 bits per heavy atom.